The zero-order chi connectivity index (χ0) is 14.5. The lowest BCUT2D eigenvalue weighted by atomic mass is 9.99. The fourth-order valence-electron chi connectivity index (χ4n) is 2.37. The lowest BCUT2D eigenvalue weighted by Crippen LogP contribution is -2.52. The summed E-state index contributed by atoms with van der Waals surface area (Å²) in [7, 11) is 1.65. The lowest BCUT2D eigenvalue weighted by Gasteiger charge is -2.28. The number of urea groups is 1. The van der Waals surface area contributed by atoms with Crippen LogP contribution in [0.25, 0.3) is 0 Å². The Balaban J connectivity index is 2.39. The molecule has 1 aliphatic rings. The maximum atomic E-state index is 11.9. The van der Waals surface area contributed by atoms with Gasteiger partial charge in [0, 0.05) is 19.1 Å². The Morgan fingerprint density at radius 3 is 2.63 bits per heavy atom. The van der Waals surface area contributed by atoms with Crippen molar-refractivity contribution in [1.82, 2.24) is 10.6 Å². The van der Waals surface area contributed by atoms with Gasteiger partial charge in [0.05, 0.1) is 12.1 Å². The first-order chi connectivity index (χ1) is 8.84. The zero-order valence-corrected chi connectivity index (χ0v) is 11.9. The van der Waals surface area contributed by atoms with Crippen molar-refractivity contribution in [3.05, 3.63) is 0 Å². The van der Waals surface area contributed by atoms with Crippen LogP contribution in [0.3, 0.4) is 0 Å². The van der Waals surface area contributed by atoms with Crippen molar-refractivity contribution in [2.45, 2.75) is 63.6 Å². The number of amides is 2. The molecular formula is C13H24N2O4. The van der Waals surface area contributed by atoms with E-state index in [1.54, 1.807) is 7.11 Å². The van der Waals surface area contributed by atoms with Crippen LogP contribution in [0.1, 0.15) is 46.0 Å². The molecule has 0 heterocycles. The highest BCUT2D eigenvalue weighted by molar-refractivity contribution is 5.75. The summed E-state index contributed by atoms with van der Waals surface area (Å²) in [6, 6.07) is -0.218. The molecule has 0 spiro atoms. The summed E-state index contributed by atoms with van der Waals surface area (Å²) in [5, 5.41) is 14.4. The first-order valence-corrected chi connectivity index (χ1v) is 6.67. The molecule has 2 atom stereocenters. The first-order valence-electron chi connectivity index (χ1n) is 6.67. The minimum absolute atomic E-state index is 0.0391. The van der Waals surface area contributed by atoms with Gasteiger partial charge in [-0.2, -0.15) is 0 Å². The zero-order valence-electron chi connectivity index (χ0n) is 11.9. The summed E-state index contributed by atoms with van der Waals surface area (Å²) in [6.07, 6.45) is 3.44. The van der Waals surface area contributed by atoms with Gasteiger partial charge in [-0.25, -0.2) is 4.79 Å². The van der Waals surface area contributed by atoms with Gasteiger partial charge in [-0.3, -0.25) is 4.79 Å². The third kappa shape index (κ3) is 5.46. The number of nitrogens with one attached hydrogen (secondary N) is 2. The minimum atomic E-state index is -0.856. The van der Waals surface area contributed by atoms with Crippen LogP contribution in [-0.2, 0) is 9.53 Å². The number of aliphatic carboxylic acids is 1. The second kappa shape index (κ2) is 6.75. The molecule has 110 valence electrons. The molecule has 1 rings (SSSR count). The van der Waals surface area contributed by atoms with E-state index in [9.17, 15) is 9.59 Å². The Labute approximate surface area is 113 Å². The number of carboxylic acid groups (broad SMARTS) is 1. The molecule has 2 unspecified atom stereocenters. The average molecular weight is 272 g/mol. The van der Waals surface area contributed by atoms with Crippen molar-refractivity contribution in [2.24, 2.45) is 0 Å². The predicted octanol–water partition coefficient (Wildman–Crippen LogP) is 1.50. The fourth-order valence-corrected chi connectivity index (χ4v) is 2.37. The van der Waals surface area contributed by atoms with E-state index in [0.717, 1.165) is 19.3 Å². The van der Waals surface area contributed by atoms with E-state index in [1.807, 2.05) is 13.8 Å². The van der Waals surface area contributed by atoms with Crippen molar-refractivity contribution in [1.29, 1.82) is 0 Å². The lowest BCUT2D eigenvalue weighted by molar-refractivity contribution is -0.137. The number of carbonyl (C=O) groups excluding carboxylic acids is 1. The van der Waals surface area contributed by atoms with E-state index in [4.69, 9.17) is 9.84 Å². The summed E-state index contributed by atoms with van der Waals surface area (Å²) in [5.74, 6) is -0.856. The quantitative estimate of drug-likeness (QED) is 0.683. The Morgan fingerprint density at radius 2 is 2.05 bits per heavy atom. The van der Waals surface area contributed by atoms with Crippen LogP contribution >= 0.6 is 0 Å². The van der Waals surface area contributed by atoms with Gasteiger partial charge >= 0.3 is 12.0 Å². The largest absolute Gasteiger partial charge is 0.481 e. The molecule has 2 amide bonds. The van der Waals surface area contributed by atoms with E-state index >= 15 is 0 Å². The molecular weight excluding hydrogens is 248 g/mol. The number of carbonyl (C=O) groups is 2. The molecule has 0 aromatic heterocycles. The van der Waals surface area contributed by atoms with E-state index in [1.165, 1.54) is 0 Å². The number of methoxy groups -OCH3 is 1. The highest BCUT2D eigenvalue weighted by atomic mass is 16.5. The summed E-state index contributed by atoms with van der Waals surface area (Å²) in [6.45, 7) is 3.63. The number of ether oxygens (including phenoxy) is 1. The van der Waals surface area contributed by atoms with Crippen LogP contribution < -0.4 is 10.6 Å². The van der Waals surface area contributed by atoms with Gasteiger partial charge in [0.2, 0.25) is 0 Å². The van der Waals surface area contributed by atoms with Crippen molar-refractivity contribution < 1.29 is 19.4 Å². The molecule has 19 heavy (non-hydrogen) atoms. The maximum Gasteiger partial charge on any atom is 0.315 e. The molecule has 1 aliphatic carbocycles. The molecule has 0 aromatic carbocycles. The molecule has 6 nitrogen and oxygen atoms in total. The Bertz CT molecular complexity index is 331. The van der Waals surface area contributed by atoms with Gasteiger partial charge in [0.1, 0.15) is 0 Å². The van der Waals surface area contributed by atoms with E-state index in [0.29, 0.717) is 6.42 Å². The summed E-state index contributed by atoms with van der Waals surface area (Å²) in [4.78, 5) is 22.4. The van der Waals surface area contributed by atoms with Crippen molar-refractivity contribution in [2.75, 3.05) is 7.11 Å². The smallest absolute Gasteiger partial charge is 0.315 e. The topological polar surface area (TPSA) is 87.7 Å². The maximum absolute atomic E-state index is 11.9. The molecule has 1 saturated carbocycles. The van der Waals surface area contributed by atoms with Crippen LogP contribution in [0.15, 0.2) is 0 Å². The van der Waals surface area contributed by atoms with Gasteiger partial charge in [-0.1, -0.05) is 0 Å². The molecule has 1 fully saturated rings. The Kier molecular flexibility index (Phi) is 5.60. The van der Waals surface area contributed by atoms with E-state index in [-0.39, 0.29) is 24.6 Å². The number of hydrogen-bond donors (Lipinski definition) is 3. The fraction of sp³-hybridized carbons (Fsp3) is 0.846. The van der Waals surface area contributed by atoms with Gasteiger partial charge in [0.15, 0.2) is 0 Å². The van der Waals surface area contributed by atoms with Crippen molar-refractivity contribution >= 4 is 12.0 Å². The van der Waals surface area contributed by atoms with Gasteiger partial charge < -0.3 is 20.5 Å². The monoisotopic (exact) mass is 272 g/mol. The van der Waals surface area contributed by atoms with Crippen LogP contribution in [0, 0.1) is 0 Å². The number of hydrogen-bond acceptors (Lipinski definition) is 3. The summed E-state index contributed by atoms with van der Waals surface area (Å²) >= 11 is 0. The van der Waals surface area contributed by atoms with Gasteiger partial charge in [-0.15, -0.1) is 0 Å². The molecule has 0 bridgehead atoms. The molecule has 0 aromatic rings. The van der Waals surface area contributed by atoms with Crippen molar-refractivity contribution in [3.63, 3.8) is 0 Å². The standard InChI is InChI=1S/C13H24N2O4/c1-13(2,8-7-11(16)17)15-12(18)14-9-5-4-6-10(9)19-3/h9-10H,4-8H2,1-3H3,(H,16,17)(H2,14,15,18). The van der Waals surface area contributed by atoms with E-state index < -0.39 is 11.5 Å². The molecule has 0 aliphatic heterocycles. The van der Waals surface area contributed by atoms with E-state index in [2.05, 4.69) is 10.6 Å². The number of rotatable bonds is 6. The third-order valence-electron chi connectivity index (χ3n) is 3.49. The van der Waals surface area contributed by atoms with Crippen LogP contribution in [0.2, 0.25) is 0 Å². The minimum Gasteiger partial charge on any atom is -0.481 e. The van der Waals surface area contributed by atoms with Crippen molar-refractivity contribution in [3.8, 4) is 0 Å². The highest BCUT2D eigenvalue weighted by Crippen LogP contribution is 2.21. The Hall–Kier alpha value is -1.30. The summed E-state index contributed by atoms with van der Waals surface area (Å²) < 4.78 is 5.31. The predicted molar refractivity (Wildman–Crippen MR) is 71.1 cm³/mol. The van der Waals surface area contributed by atoms with Crippen LogP contribution in [-0.4, -0.2) is 41.9 Å². The number of carboxylic acids is 1. The first kappa shape index (κ1) is 15.8. The van der Waals surface area contributed by atoms with Gasteiger partial charge in [0.25, 0.3) is 0 Å². The molecule has 3 N–H and O–H groups in total. The SMILES string of the molecule is COC1CCCC1NC(=O)NC(C)(C)CCC(=O)O. The second-order valence-corrected chi connectivity index (χ2v) is 5.69. The Morgan fingerprint density at radius 1 is 1.37 bits per heavy atom. The molecule has 0 radical (unpaired) electrons. The van der Waals surface area contributed by atoms with Gasteiger partial charge in [-0.05, 0) is 39.5 Å². The normalized spacial score (nSPS) is 23.1. The second-order valence-electron chi connectivity index (χ2n) is 5.69. The van der Waals surface area contributed by atoms with Crippen LogP contribution in [0.5, 0.6) is 0 Å². The third-order valence-corrected chi connectivity index (χ3v) is 3.49. The molecule has 6 heteroatoms. The summed E-state index contributed by atoms with van der Waals surface area (Å²) in [5.41, 5.74) is -0.538. The average Bonchev–Trinajstić information content (AvgIpc) is 2.73. The highest BCUT2D eigenvalue weighted by Gasteiger charge is 2.30. The molecule has 0 saturated heterocycles. The van der Waals surface area contributed by atoms with Crippen LogP contribution in [0.4, 0.5) is 4.79 Å².